The van der Waals surface area contributed by atoms with Gasteiger partial charge in [-0.2, -0.15) is 36.6 Å². The maximum atomic E-state index is 12.6. The Morgan fingerprint density at radius 2 is 1.76 bits per heavy atom. The Labute approximate surface area is 158 Å². The van der Waals surface area contributed by atoms with Crippen LogP contribution in [0.4, 0.5) is 32.0 Å². The first-order valence-electron chi connectivity index (χ1n) is 7.76. The van der Waals surface area contributed by atoms with Gasteiger partial charge in [0.25, 0.3) is 0 Å². The third-order valence-corrected chi connectivity index (χ3v) is 3.22. The van der Waals surface area contributed by atoms with Gasteiger partial charge in [-0.25, -0.2) is 9.48 Å². The van der Waals surface area contributed by atoms with Crippen LogP contribution in [0.25, 0.3) is 5.69 Å². The van der Waals surface area contributed by atoms with E-state index < -0.39 is 35.5 Å². The molecule has 0 radical (unpaired) electrons. The Balaban J connectivity index is 2.27. The van der Waals surface area contributed by atoms with E-state index in [0.717, 1.165) is 16.9 Å². The van der Waals surface area contributed by atoms with Crippen LogP contribution in [0.15, 0.2) is 58.2 Å². The fourth-order valence-corrected chi connectivity index (χ4v) is 1.92. The molecule has 0 aliphatic rings. The zero-order chi connectivity index (χ0) is 21.8. The van der Waals surface area contributed by atoms with Gasteiger partial charge in [0.15, 0.2) is 5.69 Å². The van der Waals surface area contributed by atoms with Crippen molar-refractivity contribution in [2.45, 2.75) is 19.3 Å². The number of halogens is 6. The van der Waals surface area contributed by atoms with Gasteiger partial charge in [0.1, 0.15) is 0 Å². The molecule has 2 rings (SSSR count). The number of alkyl halides is 6. The zero-order valence-corrected chi connectivity index (χ0v) is 14.5. The predicted molar refractivity (Wildman–Crippen MR) is 85.4 cm³/mol. The number of aliphatic hydroxyl groups is 1. The summed E-state index contributed by atoms with van der Waals surface area (Å²) in [7, 11) is 0. The molecule has 156 valence electrons. The van der Waals surface area contributed by atoms with Crippen molar-refractivity contribution in [2.75, 3.05) is 6.61 Å². The summed E-state index contributed by atoms with van der Waals surface area (Å²) in [5.41, 5.74) is -2.38. The van der Waals surface area contributed by atoms with Crippen molar-refractivity contribution in [3.8, 4) is 5.69 Å². The van der Waals surface area contributed by atoms with Crippen molar-refractivity contribution in [3.05, 3.63) is 53.7 Å². The minimum absolute atomic E-state index is 0.0475. The number of carbonyl (C=O) groups excluding carboxylic acids is 1. The molecule has 1 heterocycles. The van der Waals surface area contributed by atoms with Crippen LogP contribution in [-0.4, -0.2) is 33.6 Å². The fourth-order valence-electron chi connectivity index (χ4n) is 1.92. The van der Waals surface area contributed by atoms with Crippen LogP contribution < -0.4 is 0 Å². The fraction of sp³-hybridized carbons (Fsp3) is 0.250. The second-order valence-corrected chi connectivity index (χ2v) is 5.28. The lowest BCUT2D eigenvalue weighted by Gasteiger charge is -2.08. The highest BCUT2D eigenvalue weighted by atomic mass is 19.4. The topological polar surface area (TPSA) is 89.1 Å². The van der Waals surface area contributed by atoms with Crippen molar-refractivity contribution in [2.24, 2.45) is 10.2 Å². The normalized spacial score (nSPS) is 13.5. The summed E-state index contributed by atoms with van der Waals surface area (Å²) in [5.74, 6) is -3.80. The number of esters is 1. The predicted octanol–water partition coefficient (Wildman–Crippen LogP) is 4.87. The van der Waals surface area contributed by atoms with E-state index in [-0.39, 0.29) is 18.0 Å². The number of azo groups is 1. The number of ether oxygens (including phenoxy) is 1. The molecular weight excluding hydrogens is 410 g/mol. The van der Waals surface area contributed by atoms with E-state index in [0.29, 0.717) is 0 Å². The summed E-state index contributed by atoms with van der Waals surface area (Å²) < 4.78 is 81.0. The Kier molecular flexibility index (Phi) is 6.29. The molecule has 0 saturated carbocycles. The first-order chi connectivity index (χ1) is 13.4. The highest BCUT2D eigenvalue weighted by molar-refractivity contribution is 5.88. The Morgan fingerprint density at radius 1 is 1.14 bits per heavy atom. The molecule has 0 spiro atoms. The van der Waals surface area contributed by atoms with Crippen molar-refractivity contribution >= 4 is 11.7 Å². The van der Waals surface area contributed by atoms with Gasteiger partial charge in [-0.05, 0) is 37.3 Å². The van der Waals surface area contributed by atoms with Crippen LogP contribution in [0.3, 0.4) is 0 Å². The van der Waals surface area contributed by atoms with Gasteiger partial charge in [0.2, 0.25) is 11.5 Å². The standard InChI is InChI=1S/C16H12F6N4O3/c1-2-29-14(28)12(13(27)16(20,21)22)24-23-9-3-5-10(6-4-9)26-8-7-11(25-26)15(17,18)19/h3-8,27H,2H2,1H3/b13-12-,24-23?. The monoisotopic (exact) mass is 422 g/mol. The molecule has 1 aromatic carbocycles. The van der Waals surface area contributed by atoms with Gasteiger partial charge in [0.05, 0.1) is 18.0 Å². The van der Waals surface area contributed by atoms with Crippen LogP contribution in [0.2, 0.25) is 0 Å². The second-order valence-electron chi connectivity index (χ2n) is 5.28. The highest BCUT2D eigenvalue weighted by Gasteiger charge is 2.39. The maximum absolute atomic E-state index is 12.6. The van der Waals surface area contributed by atoms with Gasteiger partial charge in [0, 0.05) is 6.20 Å². The van der Waals surface area contributed by atoms with Crippen molar-refractivity contribution in [1.82, 2.24) is 9.78 Å². The quantitative estimate of drug-likeness (QED) is 0.245. The second kappa shape index (κ2) is 8.32. The van der Waals surface area contributed by atoms with Gasteiger partial charge in [-0.3, -0.25) is 0 Å². The van der Waals surface area contributed by atoms with Gasteiger partial charge >= 0.3 is 18.3 Å². The summed E-state index contributed by atoms with van der Waals surface area (Å²) >= 11 is 0. The summed E-state index contributed by atoms with van der Waals surface area (Å²) in [4.78, 5) is 11.6. The Morgan fingerprint density at radius 3 is 2.24 bits per heavy atom. The highest BCUT2D eigenvalue weighted by Crippen LogP contribution is 2.29. The summed E-state index contributed by atoms with van der Waals surface area (Å²) in [6, 6.07) is 5.74. The molecular formula is C16H12F6N4O3. The minimum atomic E-state index is -5.25. The van der Waals surface area contributed by atoms with E-state index in [1.165, 1.54) is 31.2 Å². The largest absolute Gasteiger partial charge is 0.502 e. The van der Waals surface area contributed by atoms with E-state index in [4.69, 9.17) is 0 Å². The van der Waals surface area contributed by atoms with Crippen LogP contribution >= 0.6 is 0 Å². The van der Waals surface area contributed by atoms with Gasteiger partial charge < -0.3 is 9.84 Å². The van der Waals surface area contributed by atoms with Crippen molar-refractivity contribution < 1.29 is 41.0 Å². The van der Waals surface area contributed by atoms with E-state index in [9.17, 15) is 36.2 Å². The summed E-state index contributed by atoms with van der Waals surface area (Å²) in [6.07, 6.45) is -8.79. The molecule has 0 aliphatic carbocycles. The van der Waals surface area contributed by atoms with E-state index in [2.05, 4.69) is 20.1 Å². The van der Waals surface area contributed by atoms with Crippen LogP contribution in [0, 0.1) is 0 Å². The molecule has 0 fully saturated rings. The number of allylic oxidation sites excluding steroid dienone is 1. The third-order valence-electron chi connectivity index (χ3n) is 3.22. The summed E-state index contributed by atoms with van der Waals surface area (Å²) in [6.45, 7) is 1.08. The first-order valence-corrected chi connectivity index (χ1v) is 7.76. The molecule has 0 saturated heterocycles. The average Bonchev–Trinajstić information content (AvgIpc) is 3.12. The van der Waals surface area contributed by atoms with Crippen LogP contribution in [-0.2, 0) is 15.7 Å². The molecule has 13 heteroatoms. The Bertz CT molecular complexity index is 929. The average molecular weight is 422 g/mol. The number of hydrogen-bond acceptors (Lipinski definition) is 6. The van der Waals surface area contributed by atoms with Gasteiger partial charge in [-0.15, -0.1) is 5.11 Å². The summed E-state index contributed by atoms with van der Waals surface area (Å²) in [5, 5.41) is 19.1. The van der Waals surface area contributed by atoms with Gasteiger partial charge in [-0.1, -0.05) is 0 Å². The Hall–Kier alpha value is -3.38. The van der Waals surface area contributed by atoms with Crippen molar-refractivity contribution in [3.63, 3.8) is 0 Å². The minimum Gasteiger partial charge on any atom is -0.502 e. The number of aliphatic hydroxyl groups excluding tert-OH is 1. The molecule has 7 nitrogen and oxygen atoms in total. The number of hydrogen-bond donors (Lipinski definition) is 1. The molecule has 1 N–H and O–H groups in total. The lowest BCUT2D eigenvalue weighted by molar-refractivity contribution is -0.143. The van der Waals surface area contributed by atoms with E-state index in [1.807, 2.05) is 0 Å². The van der Waals surface area contributed by atoms with Crippen molar-refractivity contribution in [1.29, 1.82) is 0 Å². The molecule has 0 atom stereocenters. The number of rotatable bonds is 5. The molecule has 29 heavy (non-hydrogen) atoms. The SMILES string of the molecule is CCOC(=O)/C(N=Nc1ccc(-n2ccc(C(F)(F)F)n2)cc1)=C(/O)C(F)(F)F. The molecule has 0 aliphatic heterocycles. The zero-order valence-electron chi connectivity index (χ0n) is 14.5. The number of aromatic nitrogens is 2. The molecule has 0 unspecified atom stereocenters. The smallest absolute Gasteiger partial charge is 0.451 e. The van der Waals surface area contributed by atoms with E-state index >= 15 is 0 Å². The molecule has 2 aromatic rings. The maximum Gasteiger partial charge on any atom is 0.451 e. The first kappa shape index (κ1) is 21.9. The molecule has 0 amide bonds. The lowest BCUT2D eigenvalue weighted by atomic mass is 10.3. The van der Waals surface area contributed by atoms with E-state index in [1.54, 1.807) is 0 Å². The number of nitrogens with zero attached hydrogens (tertiary/aromatic N) is 4. The molecule has 0 bridgehead atoms. The van der Waals surface area contributed by atoms with Crippen LogP contribution in [0.5, 0.6) is 0 Å². The van der Waals surface area contributed by atoms with Crippen LogP contribution in [0.1, 0.15) is 12.6 Å². The lowest BCUT2D eigenvalue weighted by Crippen LogP contribution is -2.18. The number of benzene rings is 1. The number of carbonyl (C=O) groups is 1. The third kappa shape index (κ3) is 5.56. The molecule has 1 aromatic heterocycles.